The highest BCUT2D eigenvalue weighted by atomic mass is 32.2. The molecule has 0 radical (unpaired) electrons. The lowest BCUT2D eigenvalue weighted by atomic mass is 10.2. The highest BCUT2D eigenvalue weighted by Crippen LogP contribution is 2.35. The summed E-state index contributed by atoms with van der Waals surface area (Å²) in [7, 11) is -9.00. The Balaban J connectivity index is 2.07. The van der Waals surface area contributed by atoms with Crippen molar-refractivity contribution in [2.75, 3.05) is 0 Å². The topological polar surface area (TPSA) is 209 Å². The van der Waals surface area contributed by atoms with Crippen molar-refractivity contribution in [3.8, 4) is 11.6 Å². The molecule has 3 aromatic rings. The molecule has 0 saturated carbocycles. The van der Waals surface area contributed by atoms with E-state index in [2.05, 4.69) is 15.3 Å². The van der Waals surface area contributed by atoms with Crippen LogP contribution in [0.25, 0.3) is 5.69 Å². The van der Waals surface area contributed by atoms with Crippen LogP contribution in [0.15, 0.2) is 62.5 Å². The van der Waals surface area contributed by atoms with E-state index in [1.165, 1.54) is 19.1 Å². The number of aromatic hydroxyl groups is 1. The van der Waals surface area contributed by atoms with Gasteiger partial charge in [-0.1, -0.05) is 6.07 Å². The number of carboxylic acid groups (broad SMARTS) is 1. The third-order valence-electron chi connectivity index (χ3n) is 4.13. The largest absolute Gasteiger partial charge is 0.492 e. The average Bonchev–Trinajstić information content (AvgIpc) is 3.02. The molecule has 0 aliphatic carbocycles. The minimum Gasteiger partial charge on any atom is -0.492 e. The summed E-state index contributed by atoms with van der Waals surface area (Å²) < 4.78 is 64.2. The van der Waals surface area contributed by atoms with Gasteiger partial charge in [0.25, 0.3) is 20.2 Å². The Labute approximate surface area is 180 Å². The van der Waals surface area contributed by atoms with Crippen molar-refractivity contribution < 1.29 is 40.9 Å². The molecule has 15 heteroatoms. The Morgan fingerprint density at radius 2 is 1.59 bits per heavy atom. The second kappa shape index (κ2) is 8.12. The molecule has 3 rings (SSSR count). The number of carbonyl (C=O) groups is 1. The molecule has 2 aromatic carbocycles. The van der Waals surface area contributed by atoms with Crippen molar-refractivity contribution in [2.24, 2.45) is 10.2 Å². The molecule has 32 heavy (non-hydrogen) atoms. The third kappa shape index (κ3) is 4.65. The second-order valence-electron chi connectivity index (χ2n) is 6.33. The van der Waals surface area contributed by atoms with Crippen LogP contribution in [-0.4, -0.2) is 51.9 Å². The molecule has 1 aromatic heterocycles. The zero-order valence-electron chi connectivity index (χ0n) is 16.0. The monoisotopic (exact) mass is 482 g/mol. The van der Waals surface area contributed by atoms with Crippen LogP contribution in [-0.2, 0) is 20.2 Å². The number of hydrogen-bond acceptors (Lipinski definition) is 9. The van der Waals surface area contributed by atoms with Crippen molar-refractivity contribution in [3.05, 3.63) is 53.7 Å². The van der Waals surface area contributed by atoms with Gasteiger partial charge in [0, 0.05) is 0 Å². The first-order valence-electron chi connectivity index (χ1n) is 8.42. The molecule has 0 aliphatic rings. The summed E-state index contributed by atoms with van der Waals surface area (Å²) >= 11 is 0. The van der Waals surface area contributed by atoms with E-state index in [1.807, 2.05) is 0 Å². The molecule has 0 amide bonds. The van der Waals surface area contributed by atoms with Crippen LogP contribution in [0.3, 0.4) is 0 Å². The summed E-state index contributed by atoms with van der Waals surface area (Å²) in [6.45, 7) is 1.44. The fraction of sp³-hybridized carbons (Fsp3) is 0.0588. The number of azo groups is 1. The molecule has 168 valence electrons. The van der Waals surface area contributed by atoms with Gasteiger partial charge in [0.05, 0.1) is 21.2 Å². The normalized spacial score (nSPS) is 12.3. The van der Waals surface area contributed by atoms with Gasteiger partial charge in [0.2, 0.25) is 11.6 Å². The van der Waals surface area contributed by atoms with Gasteiger partial charge in [-0.25, -0.2) is 4.79 Å². The Hall–Kier alpha value is -3.66. The van der Waals surface area contributed by atoms with Gasteiger partial charge in [0.15, 0.2) is 5.69 Å². The lowest BCUT2D eigenvalue weighted by Crippen LogP contribution is -2.02. The number of nitrogens with zero attached hydrogens (tertiary/aromatic N) is 4. The zero-order valence-corrected chi connectivity index (χ0v) is 17.6. The number of rotatable bonds is 6. The van der Waals surface area contributed by atoms with E-state index in [0.717, 1.165) is 35.0 Å². The van der Waals surface area contributed by atoms with E-state index in [9.17, 15) is 36.4 Å². The van der Waals surface area contributed by atoms with Crippen LogP contribution in [0.5, 0.6) is 5.88 Å². The average molecular weight is 482 g/mol. The highest BCUT2D eigenvalue weighted by Gasteiger charge is 2.24. The highest BCUT2D eigenvalue weighted by molar-refractivity contribution is 7.86. The van der Waals surface area contributed by atoms with Gasteiger partial charge >= 0.3 is 5.97 Å². The third-order valence-corrected chi connectivity index (χ3v) is 6.00. The second-order valence-corrected chi connectivity index (χ2v) is 9.14. The molecule has 0 spiro atoms. The van der Waals surface area contributed by atoms with Crippen molar-refractivity contribution in [3.63, 3.8) is 0 Å². The van der Waals surface area contributed by atoms with Crippen LogP contribution >= 0.6 is 0 Å². The molecular formula is C17H14N4O9S2. The lowest BCUT2D eigenvalue weighted by molar-refractivity contribution is 0.0690. The molecule has 1 heterocycles. The number of aryl methyl sites for hydroxylation is 1. The van der Waals surface area contributed by atoms with Gasteiger partial charge in [-0.05, 0) is 48.9 Å². The number of hydrogen-bond donors (Lipinski definition) is 4. The zero-order chi connectivity index (χ0) is 23.8. The summed E-state index contributed by atoms with van der Waals surface area (Å²) in [5, 5.41) is 30.9. The lowest BCUT2D eigenvalue weighted by Gasteiger charge is -2.04. The van der Waals surface area contributed by atoms with E-state index in [4.69, 9.17) is 4.55 Å². The maximum Gasteiger partial charge on any atom is 0.358 e. The van der Waals surface area contributed by atoms with Crippen molar-refractivity contribution in [2.45, 2.75) is 16.7 Å². The summed E-state index contributed by atoms with van der Waals surface area (Å²) in [5.74, 6) is -2.32. The van der Waals surface area contributed by atoms with Gasteiger partial charge in [-0.3, -0.25) is 9.11 Å². The van der Waals surface area contributed by atoms with Crippen molar-refractivity contribution in [1.82, 2.24) is 9.78 Å². The van der Waals surface area contributed by atoms with Crippen LogP contribution < -0.4 is 0 Å². The number of aromatic nitrogens is 2. The Kier molecular flexibility index (Phi) is 5.84. The maximum absolute atomic E-state index is 11.5. The predicted molar refractivity (Wildman–Crippen MR) is 107 cm³/mol. The Bertz CT molecular complexity index is 1460. The molecule has 0 saturated heterocycles. The molecule has 0 bridgehead atoms. The van der Waals surface area contributed by atoms with Crippen molar-refractivity contribution in [1.29, 1.82) is 0 Å². The molecular weight excluding hydrogens is 468 g/mol. The SMILES string of the molecule is Cc1ccc(N=Nc2c(C(=O)O)nn(-c3ccc(S(=O)(=O)O)cc3)c2O)cc1S(=O)(=O)O. The van der Waals surface area contributed by atoms with E-state index in [1.54, 1.807) is 0 Å². The summed E-state index contributed by atoms with van der Waals surface area (Å²) in [6, 6.07) is 8.03. The number of aromatic carboxylic acids is 1. The minimum atomic E-state index is -4.54. The van der Waals surface area contributed by atoms with Crippen LogP contribution in [0.2, 0.25) is 0 Å². The Morgan fingerprint density at radius 1 is 0.969 bits per heavy atom. The fourth-order valence-electron chi connectivity index (χ4n) is 2.61. The number of carboxylic acids is 1. The first-order valence-corrected chi connectivity index (χ1v) is 11.3. The van der Waals surface area contributed by atoms with E-state index in [-0.39, 0.29) is 16.9 Å². The van der Waals surface area contributed by atoms with Crippen LogP contribution in [0, 0.1) is 6.92 Å². The van der Waals surface area contributed by atoms with Gasteiger partial charge in [-0.15, -0.1) is 5.11 Å². The van der Waals surface area contributed by atoms with Crippen LogP contribution in [0.1, 0.15) is 16.1 Å². The van der Waals surface area contributed by atoms with Crippen molar-refractivity contribution >= 4 is 37.6 Å². The predicted octanol–water partition coefficient (Wildman–Crippen LogP) is 2.49. The molecule has 0 atom stereocenters. The Morgan fingerprint density at radius 3 is 2.12 bits per heavy atom. The minimum absolute atomic E-state index is 0.0443. The fourth-order valence-corrected chi connectivity index (χ4v) is 3.84. The molecule has 0 fully saturated rings. The quantitative estimate of drug-likeness (QED) is 0.298. The summed E-state index contributed by atoms with van der Waals surface area (Å²) in [4.78, 5) is 10.7. The van der Waals surface area contributed by atoms with E-state index < -0.39 is 53.3 Å². The first-order chi connectivity index (χ1) is 14.8. The van der Waals surface area contributed by atoms with Gasteiger partial charge < -0.3 is 10.2 Å². The van der Waals surface area contributed by atoms with Gasteiger partial charge in [-0.2, -0.15) is 31.7 Å². The molecule has 13 nitrogen and oxygen atoms in total. The smallest absolute Gasteiger partial charge is 0.358 e. The van der Waals surface area contributed by atoms with E-state index in [0.29, 0.717) is 0 Å². The summed E-state index contributed by atoms with van der Waals surface area (Å²) in [5.41, 5.74) is -1.05. The van der Waals surface area contributed by atoms with E-state index >= 15 is 0 Å². The van der Waals surface area contributed by atoms with Crippen LogP contribution in [0.4, 0.5) is 11.4 Å². The molecule has 0 aliphatic heterocycles. The first kappa shape index (κ1) is 23.0. The maximum atomic E-state index is 11.5. The molecule has 0 unspecified atom stereocenters. The number of benzene rings is 2. The molecule has 4 N–H and O–H groups in total. The van der Waals surface area contributed by atoms with Gasteiger partial charge in [0.1, 0.15) is 0 Å². The summed E-state index contributed by atoms with van der Waals surface area (Å²) in [6.07, 6.45) is 0. The standard InChI is InChI=1S/C17H14N4O9S2/c1-9-2-3-10(8-13(9)32(28,29)30)18-19-14-15(17(23)24)20-21(16(14)22)11-4-6-12(7-5-11)31(25,26)27/h2-8,22H,1H3,(H,23,24)(H,25,26,27)(H,28,29,30).